The Morgan fingerprint density at radius 2 is 2.00 bits per heavy atom. The number of pyridine rings is 1. The van der Waals surface area contributed by atoms with Gasteiger partial charge in [0.2, 0.25) is 0 Å². The molecule has 2 N–H and O–H groups in total. The van der Waals surface area contributed by atoms with E-state index in [1.54, 1.807) is 0 Å². The molecule has 1 atom stereocenters. The molecule has 1 aromatic carbocycles. The van der Waals surface area contributed by atoms with Crippen molar-refractivity contribution >= 4 is 11.8 Å². The van der Waals surface area contributed by atoms with Crippen LogP contribution in [-0.2, 0) is 0 Å². The molecule has 1 unspecified atom stereocenters. The van der Waals surface area contributed by atoms with E-state index < -0.39 is 11.8 Å². The predicted molar refractivity (Wildman–Crippen MR) is 74.4 cm³/mol. The molecule has 0 bridgehead atoms. The Labute approximate surface area is 116 Å². The second-order valence-corrected chi connectivity index (χ2v) is 4.63. The molecule has 104 valence electrons. The minimum atomic E-state index is -1.21. The first-order chi connectivity index (χ1) is 9.47. The van der Waals surface area contributed by atoms with E-state index in [1.807, 2.05) is 38.1 Å². The van der Waals surface area contributed by atoms with Crippen LogP contribution in [0.5, 0.6) is 0 Å². The highest BCUT2D eigenvalue weighted by Crippen LogP contribution is 2.21. The van der Waals surface area contributed by atoms with Gasteiger partial charge in [-0.25, -0.2) is 14.2 Å². The number of nitrogens with one attached hydrogen (secondary N) is 1. The molecule has 0 aliphatic heterocycles. The number of halogens is 1. The lowest BCUT2D eigenvalue weighted by Crippen LogP contribution is -2.12. The normalized spacial score (nSPS) is 11.9. The molecule has 5 heteroatoms. The van der Waals surface area contributed by atoms with E-state index in [0.29, 0.717) is 0 Å². The van der Waals surface area contributed by atoms with Gasteiger partial charge in [0.05, 0.1) is 6.20 Å². The summed E-state index contributed by atoms with van der Waals surface area (Å²) >= 11 is 0. The van der Waals surface area contributed by atoms with E-state index in [4.69, 9.17) is 5.11 Å². The first kappa shape index (κ1) is 14.0. The number of aromatic nitrogens is 1. The fourth-order valence-electron chi connectivity index (χ4n) is 1.86. The summed E-state index contributed by atoms with van der Waals surface area (Å²) in [7, 11) is 0. The standard InChI is InChI=1S/C15H15FN2O2/c1-9-3-5-11(6-4-9)10(2)18-14-13(15(19)20)7-12(16)8-17-14/h3-8,10H,1-2H3,(H,17,18)(H,19,20). The first-order valence-electron chi connectivity index (χ1n) is 6.19. The van der Waals surface area contributed by atoms with Crippen molar-refractivity contribution in [2.75, 3.05) is 5.32 Å². The molecule has 2 rings (SSSR count). The average Bonchev–Trinajstić information content (AvgIpc) is 2.41. The highest BCUT2D eigenvalue weighted by molar-refractivity contribution is 5.93. The van der Waals surface area contributed by atoms with Crippen LogP contribution < -0.4 is 5.32 Å². The van der Waals surface area contributed by atoms with E-state index >= 15 is 0 Å². The monoisotopic (exact) mass is 274 g/mol. The topological polar surface area (TPSA) is 62.2 Å². The summed E-state index contributed by atoms with van der Waals surface area (Å²) in [6.45, 7) is 3.88. The number of nitrogens with zero attached hydrogens (tertiary/aromatic N) is 1. The van der Waals surface area contributed by atoms with Crippen LogP contribution in [-0.4, -0.2) is 16.1 Å². The van der Waals surface area contributed by atoms with E-state index in [-0.39, 0.29) is 17.4 Å². The van der Waals surface area contributed by atoms with Crippen LogP contribution in [0.1, 0.15) is 34.5 Å². The molecular weight excluding hydrogens is 259 g/mol. The number of benzene rings is 1. The Balaban J connectivity index is 2.25. The number of hydrogen-bond acceptors (Lipinski definition) is 3. The molecule has 0 amide bonds. The summed E-state index contributed by atoms with van der Waals surface area (Å²) in [5.74, 6) is -1.72. The number of carboxylic acids is 1. The fraction of sp³-hybridized carbons (Fsp3) is 0.200. The summed E-state index contributed by atoms with van der Waals surface area (Å²) < 4.78 is 13.1. The molecule has 0 saturated heterocycles. The highest BCUT2D eigenvalue weighted by Gasteiger charge is 2.15. The zero-order valence-corrected chi connectivity index (χ0v) is 11.2. The average molecular weight is 274 g/mol. The van der Waals surface area contributed by atoms with Gasteiger partial charge in [-0.1, -0.05) is 29.8 Å². The summed E-state index contributed by atoms with van der Waals surface area (Å²) in [6, 6.07) is 8.69. The summed E-state index contributed by atoms with van der Waals surface area (Å²) in [4.78, 5) is 14.9. The maximum atomic E-state index is 13.1. The largest absolute Gasteiger partial charge is 0.478 e. The van der Waals surface area contributed by atoms with E-state index in [1.165, 1.54) is 0 Å². The van der Waals surface area contributed by atoms with E-state index in [2.05, 4.69) is 10.3 Å². The second kappa shape index (κ2) is 5.69. The highest BCUT2D eigenvalue weighted by atomic mass is 19.1. The van der Waals surface area contributed by atoms with Crippen molar-refractivity contribution in [1.29, 1.82) is 0 Å². The molecule has 1 heterocycles. The zero-order chi connectivity index (χ0) is 14.7. The third kappa shape index (κ3) is 3.12. The van der Waals surface area contributed by atoms with Crippen LogP contribution in [0, 0.1) is 12.7 Å². The number of hydrogen-bond donors (Lipinski definition) is 2. The van der Waals surface area contributed by atoms with Crippen LogP contribution in [0.3, 0.4) is 0 Å². The van der Waals surface area contributed by atoms with E-state index in [9.17, 15) is 9.18 Å². The maximum Gasteiger partial charge on any atom is 0.339 e. The van der Waals surface area contributed by atoms with Crippen molar-refractivity contribution in [3.05, 3.63) is 59.0 Å². The fourth-order valence-corrected chi connectivity index (χ4v) is 1.86. The lowest BCUT2D eigenvalue weighted by atomic mass is 10.1. The third-order valence-corrected chi connectivity index (χ3v) is 3.02. The van der Waals surface area contributed by atoms with Gasteiger partial charge in [0.25, 0.3) is 0 Å². The Hall–Kier alpha value is -2.43. The van der Waals surface area contributed by atoms with Crippen molar-refractivity contribution in [3.8, 4) is 0 Å². The number of anilines is 1. The molecule has 4 nitrogen and oxygen atoms in total. The summed E-state index contributed by atoms with van der Waals surface area (Å²) in [5, 5.41) is 12.1. The minimum absolute atomic E-state index is 0.133. The summed E-state index contributed by atoms with van der Waals surface area (Å²) in [6.07, 6.45) is 0.997. The van der Waals surface area contributed by atoms with Gasteiger partial charge in [-0.05, 0) is 25.5 Å². The molecule has 0 saturated carbocycles. The molecule has 0 aliphatic carbocycles. The van der Waals surface area contributed by atoms with Gasteiger partial charge in [-0.2, -0.15) is 0 Å². The predicted octanol–water partition coefficient (Wildman–Crippen LogP) is 3.40. The summed E-state index contributed by atoms with van der Waals surface area (Å²) in [5.41, 5.74) is 1.97. The Morgan fingerprint density at radius 1 is 1.35 bits per heavy atom. The molecule has 0 spiro atoms. The Bertz CT molecular complexity index is 626. The SMILES string of the molecule is Cc1ccc(C(C)Nc2ncc(F)cc2C(=O)O)cc1. The molecule has 0 radical (unpaired) electrons. The van der Waals surface area contributed by atoms with Gasteiger partial charge in [0.15, 0.2) is 0 Å². The zero-order valence-electron chi connectivity index (χ0n) is 11.2. The van der Waals surface area contributed by atoms with Gasteiger partial charge in [0, 0.05) is 6.04 Å². The molecule has 1 aromatic heterocycles. The van der Waals surface area contributed by atoms with Crippen LogP contribution >= 0.6 is 0 Å². The number of aryl methyl sites for hydroxylation is 1. The Kier molecular flexibility index (Phi) is 3.98. The van der Waals surface area contributed by atoms with Gasteiger partial charge in [-0.3, -0.25) is 0 Å². The molecule has 20 heavy (non-hydrogen) atoms. The van der Waals surface area contributed by atoms with Gasteiger partial charge >= 0.3 is 5.97 Å². The first-order valence-corrected chi connectivity index (χ1v) is 6.19. The van der Waals surface area contributed by atoms with Crippen molar-refractivity contribution in [2.24, 2.45) is 0 Å². The molecule has 0 aliphatic rings. The number of rotatable bonds is 4. The number of aromatic carboxylic acids is 1. The minimum Gasteiger partial charge on any atom is -0.478 e. The molecule has 0 fully saturated rings. The lowest BCUT2D eigenvalue weighted by Gasteiger charge is -2.16. The molecule has 2 aromatic rings. The quantitative estimate of drug-likeness (QED) is 0.897. The third-order valence-electron chi connectivity index (χ3n) is 3.02. The van der Waals surface area contributed by atoms with E-state index in [0.717, 1.165) is 23.4 Å². The van der Waals surface area contributed by atoms with Crippen LogP contribution in [0.2, 0.25) is 0 Å². The smallest absolute Gasteiger partial charge is 0.339 e. The number of carboxylic acid groups (broad SMARTS) is 1. The molecular formula is C15H15FN2O2. The second-order valence-electron chi connectivity index (χ2n) is 4.63. The van der Waals surface area contributed by atoms with Gasteiger partial charge in [-0.15, -0.1) is 0 Å². The van der Waals surface area contributed by atoms with Crippen LogP contribution in [0.25, 0.3) is 0 Å². The van der Waals surface area contributed by atoms with Crippen molar-refractivity contribution < 1.29 is 14.3 Å². The lowest BCUT2D eigenvalue weighted by molar-refractivity contribution is 0.0697. The van der Waals surface area contributed by atoms with Crippen molar-refractivity contribution in [3.63, 3.8) is 0 Å². The van der Waals surface area contributed by atoms with Crippen molar-refractivity contribution in [1.82, 2.24) is 4.98 Å². The van der Waals surface area contributed by atoms with Gasteiger partial charge in [0.1, 0.15) is 17.2 Å². The van der Waals surface area contributed by atoms with Gasteiger partial charge < -0.3 is 10.4 Å². The van der Waals surface area contributed by atoms with Crippen molar-refractivity contribution in [2.45, 2.75) is 19.9 Å². The van der Waals surface area contributed by atoms with Crippen LogP contribution in [0.15, 0.2) is 36.5 Å². The maximum absolute atomic E-state index is 13.1. The van der Waals surface area contributed by atoms with Crippen LogP contribution in [0.4, 0.5) is 10.2 Å². The number of carbonyl (C=O) groups is 1. The Morgan fingerprint density at radius 3 is 2.60 bits per heavy atom.